The van der Waals surface area contributed by atoms with Crippen molar-refractivity contribution >= 4 is 35.1 Å². The van der Waals surface area contributed by atoms with Crippen molar-refractivity contribution in [2.75, 3.05) is 24.3 Å². The van der Waals surface area contributed by atoms with E-state index in [1.165, 1.54) is 18.0 Å². The van der Waals surface area contributed by atoms with E-state index in [1.807, 2.05) is 35.4 Å². The van der Waals surface area contributed by atoms with Gasteiger partial charge in [0.25, 0.3) is 0 Å². The molecule has 9 heteroatoms. The van der Waals surface area contributed by atoms with Gasteiger partial charge in [-0.2, -0.15) is 0 Å². The Labute approximate surface area is 177 Å². The van der Waals surface area contributed by atoms with Gasteiger partial charge in [0.1, 0.15) is 11.4 Å². The lowest BCUT2D eigenvalue weighted by atomic mass is 10.0. The highest BCUT2D eigenvalue weighted by atomic mass is 35.5. The van der Waals surface area contributed by atoms with E-state index in [9.17, 15) is 4.79 Å². The molecule has 0 saturated heterocycles. The van der Waals surface area contributed by atoms with Crippen LogP contribution in [0.1, 0.15) is 28.5 Å². The van der Waals surface area contributed by atoms with Crippen molar-refractivity contribution in [1.82, 2.24) is 15.1 Å². The number of halogens is 1. The number of nitrogens with zero attached hydrogens (tertiary/aromatic N) is 4. The van der Waals surface area contributed by atoms with Gasteiger partial charge in [-0.1, -0.05) is 28.5 Å². The number of carbonyl (C=O) groups excluding carboxylic acids is 1. The highest BCUT2D eigenvalue weighted by Crippen LogP contribution is 2.33. The van der Waals surface area contributed by atoms with E-state index in [0.717, 1.165) is 16.8 Å². The molecular weight excluding hydrogens is 412 g/mol. The van der Waals surface area contributed by atoms with Gasteiger partial charge in [0, 0.05) is 35.3 Å². The molecule has 150 valence electrons. The van der Waals surface area contributed by atoms with Crippen LogP contribution in [0.15, 0.2) is 40.1 Å². The Morgan fingerprint density at radius 2 is 2.14 bits per heavy atom. The van der Waals surface area contributed by atoms with Crippen LogP contribution in [0.25, 0.3) is 11.3 Å². The number of hydrogen-bond donors (Lipinski definition) is 0. The van der Waals surface area contributed by atoms with Crippen molar-refractivity contribution in [3.63, 3.8) is 0 Å². The van der Waals surface area contributed by atoms with Gasteiger partial charge in [-0.05, 0) is 37.4 Å². The maximum absolute atomic E-state index is 12.4. The maximum Gasteiger partial charge on any atom is 0.343 e. The molecule has 29 heavy (non-hydrogen) atoms. The van der Waals surface area contributed by atoms with Crippen LogP contribution in [0.2, 0.25) is 5.02 Å². The van der Waals surface area contributed by atoms with Gasteiger partial charge in [-0.3, -0.25) is 0 Å². The van der Waals surface area contributed by atoms with Crippen LogP contribution in [0.4, 0.5) is 5.82 Å². The molecule has 0 N–H and O–H groups in total. The Hall–Kier alpha value is -2.58. The third kappa shape index (κ3) is 3.95. The van der Waals surface area contributed by atoms with Crippen LogP contribution in [-0.4, -0.2) is 40.5 Å². The Morgan fingerprint density at radius 1 is 1.34 bits per heavy atom. The molecule has 0 amide bonds. The zero-order chi connectivity index (χ0) is 20.4. The molecule has 1 aromatic carbocycles. The summed E-state index contributed by atoms with van der Waals surface area (Å²) in [6.45, 7) is 3.25. The number of anilines is 1. The fraction of sp³-hybridized carbons (Fsp3) is 0.300. The number of fused-ring (bicyclic) bond motifs is 1. The summed E-state index contributed by atoms with van der Waals surface area (Å²) in [7, 11) is 0. The molecule has 1 aliphatic heterocycles. The molecule has 3 heterocycles. The number of rotatable bonds is 5. The predicted molar refractivity (Wildman–Crippen MR) is 111 cm³/mol. The fourth-order valence-corrected chi connectivity index (χ4v) is 3.73. The summed E-state index contributed by atoms with van der Waals surface area (Å²) in [5.74, 6) is 0.846. The van der Waals surface area contributed by atoms with Gasteiger partial charge in [0.2, 0.25) is 0 Å². The lowest BCUT2D eigenvalue weighted by Crippen LogP contribution is -2.32. The van der Waals surface area contributed by atoms with Crippen molar-refractivity contribution in [2.24, 2.45) is 0 Å². The van der Waals surface area contributed by atoms with E-state index >= 15 is 0 Å². The highest BCUT2D eigenvalue weighted by molar-refractivity contribution is 7.98. The fourth-order valence-electron chi connectivity index (χ4n) is 3.27. The zero-order valence-corrected chi connectivity index (χ0v) is 17.6. The molecule has 0 spiro atoms. The van der Waals surface area contributed by atoms with E-state index in [2.05, 4.69) is 15.1 Å². The lowest BCUT2D eigenvalue weighted by molar-refractivity contribution is 0.0526. The summed E-state index contributed by atoms with van der Waals surface area (Å²) in [6.07, 6.45) is 4.12. The van der Waals surface area contributed by atoms with E-state index in [-0.39, 0.29) is 0 Å². The van der Waals surface area contributed by atoms with Crippen molar-refractivity contribution in [3.8, 4) is 11.3 Å². The quantitative estimate of drug-likeness (QED) is 0.337. The smallest absolute Gasteiger partial charge is 0.343 e. The molecule has 3 aromatic rings. The highest BCUT2D eigenvalue weighted by Gasteiger charge is 2.29. The summed E-state index contributed by atoms with van der Waals surface area (Å²) >= 11 is 7.43. The Balaban J connectivity index is 1.71. The van der Waals surface area contributed by atoms with Crippen LogP contribution >= 0.6 is 23.4 Å². The van der Waals surface area contributed by atoms with Crippen molar-refractivity contribution in [2.45, 2.75) is 25.0 Å². The standard InChI is InChI=1S/C20H19ClN4O3S/c1-3-27-19(26)14-10-22-20(29-2)23-18(14)25-9-8-16-15(11-25)17(28-24-16)12-4-6-13(21)7-5-12/h4-7,10H,3,8-9,11H2,1-2H3. The van der Waals surface area contributed by atoms with Gasteiger partial charge in [-0.15, -0.1) is 0 Å². The summed E-state index contributed by atoms with van der Waals surface area (Å²) in [6, 6.07) is 7.45. The number of thioether (sulfide) groups is 1. The number of aromatic nitrogens is 3. The second kappa shape index (κ2) is 8.42. The summed E-state index contributed by atoms with van der Waals surface area (Å²) in [5, 5.41) is 5.50. The molecule has 4 rings (SSSR count). The minimum atomic E-state index is -0.427. The predicted octanol–water partition coefficient (Wildman–Crippen LogP) is 4.25. The average molecular weight is 431 g/mol. The second-order valence-corrected chi connectivity index (χ2v) is 7.64. The molecule has 0 atom stereocenters. The first-order chi connectivity index (χ1) is 14.1. The second-order valence-electron chi connectivity index (χ2n) is 6.43. The Kier molecular flexibility index (Phi) is 5.73. The molecule has 0 fully saturated rings. The van der Waals surface area contributed by atoms with E-state index in [4.69, 9.17) is 20.9 Å². The van der Waals surface area contributed by atoms with Crippen molar-refractivity contribution < 1.29 is 14.1 Å². The molecule has 2 aromatic heterocycles. The largest absolute Gasteiger partial charge is 0.462 e. The molecule has 0 aliphatic carbocycles. The summed E-state index contributed by atoms with van der Waals surface area (Å²) in [4.78, 5) is 23.3. The van der Waals surface area contributed by atoms with Crippen molar-refractivity contribution in [1.29, 1.82) is 0 Å². The first-order valence-corrected chi connectivity index (χ1v) is 10.8. The van der Waals surface area contributed by atoms with E-state index in [1.54, 1.807) is 6.92 Å². The molecule has 7 nitrogen and oxygen atoms in total. The van der Waals surface area contributed by atoms with Crippen LogP contribution < -0.4 is 4.90 Å². The molecular formula is C20H19ClN4O3S. The third-order valence-corrected chi connectivity index (χ3v) is 5.48. The number of esters is 1. The molecule has 1 aliphatic rings. The Morgan fingerprint density at radius 3 is 2.86 bits per heavy atom. The van der Waals surface area contributed by atoms with Crippen molar-refractivity contribution in [3.05, 3.63) is 52.3 Å². The summed E-state index contributed by atoms with van der Waals surface area (Å²) in [5.41, 5.74) is 3.17. The van der Waals surface area contributed by atoms with E-state index in [0.29, 0.717) is 53.4 Å². The topological polar surface area (TPSA) is 81.4 Å². The van der Waals surface area contributed by atoms with Crippen LogP contribution in [-0.2, 0) is 17.7 Å². The SMILES string of the molecule is CCOC(=O)c1cnc(SC)nc1N1CCc2noc(-c3ccc(Cl)cc3)c2C1. The molecule has 0 unspecified atom stereocenters. The molecule has 0 radical (unpaired) electrons. The number of hydrogen-bond acceptors (Lipinski definition) is 8. The molecule has 0 saturated carbocycles. The van der Waals surface area contributed by atoms with Gasteiger partial charge >= 0.3 is 5.97 Å². The normalized spacial score (nSPS) is 13.3. The number of ether oxygens (including phenoxy) is 1. The van der Waals surface area contributed by atoms with Gasteiger partial charge < -0.3 is 14.2 Å². The minimum absolute atomic E-state index is 0.291. The van der Waals surface area contributed by atoms with Gasteiger partial charge in [0.05, 0.1) is 18.8 Å². The maximum atomic E-state index is 12.4. The first kappa shape index (κ1) is 19.7. The van der Waals surface area contributed by atoms with Crippen LogP contribution in [0, 0.1) is 0 Å². The number of carbonyl (C=O) groups is 1. The first-order valence-electron chi connectivity index (χ1n) is 9.17. The average Bonchev–Trinajstić information content (AvgIpc) is 3.17. The third-order valence-electron chi connectivity index (χ3n) is 4.67. The lowest BCUT2D eigenvalue weighted by Gasteiger charge is -2.28. The summed E-state index contributed by atoms with van der Waals surface area (Å²) < 4.78 is 10.8. The van der Waals surface area contributed by atoms with Crippen LogP contribution in [0.5, 0.6) is 0 Å². The van der Waals surface area contributed by atoms with Gasteiger partial charge in [-0.25, -0.2) is 14.8 Å². The van der Waals surface area contributed by atoms with Crippen LogP contribution in [0.3, 0.4) is 0 Å². The van der Waals surface area contributed by atoms with Gasteiger partial charge in [0.15, 0.2) is 10.9 Å². The molecule has 0 bridgehead atoms. The number of benzene rings is 1. The van der Waals surface area contributed by atoms with E-state index < -0.39 is 5.97 Å². The monoisotopic (exact) mass is 430 g/mol. The zero-order valence-electron chi connectivity index (χ0n) is 16.0. The minimum Gasteiger partial charge on any atom is -0.462 e. The Bertz CT molecular complexity index is 1040.